The summed E-state index contributed by atoms with van der Waals surface area (Å²) in [5.41, 5.74) is 17.7. The average molecular weight is 765 g/mol. The molecule has 0 atom stereocenters. The molecule has 0 saturated carbocycles. The van der Waals surface area contributed by atoms with Crippen LogP contribution in [0.1, 0.15) is 0 Å². The Labute approximate surface area is 348 Å². The van der Waals surface area contributed by atoms with E-state index in [1.54, 1.807) is 0 Å². The summed E-state index contributed by atoms with van der Waals surface area (Å²) < 4.78 is 0. The van der Waals surface area contributed by atoms with Gasteiger partial charge in [0.15, 0.2) is 0 Å². The minimum atomic E-state index is 0.891. The van der Waals surface area contributed by atoms with Crippen LogP contribution >= 0.6 is 0 Å². The third kappa shape index (κ3) is 6.56. The van der Waals surface area contributed by atoms with Crippen molar-refractivity contribution in [3.8, 4) is 78.3 Å². The maximum Gasteiger partial charge on any atom is 0.0978 e. The maximum atomic E-state index is 5.37. The molecule has 0 amide bonds. The Hall–Kier alpha value is -8.08. The summed E-state index contributed by atoms with van der Waals surface area (Å²) in [6, 6.07) is 72.4. The molecule has 60 heavy (non-hydrogen) atoms. The van der Waals surface area contributed by atoms with Gasteiger partial charge in [0, 0.05) is 56.4 Å². The van der Waals surface area contributed by atoms with E-state index in [9.17, 15) is 0 Å². The summed E-state index contributed by atoms with van der Waals surface area (Å²) >= 11 is 0. The normalized spacial score (nSPS) is 11.3. The Kier molecular flexibility index (Phi) is 8.79. The van der Waals surface area contributed by atoms with Crippen LogP contribution in [0.5, 0.6) is 0 Å². The average Bonchev–Trinajstić information content (AvgIpc) is 3.34. The fourth-order valence-electron chi connectivity index (χ4n) is 8.31. The van der Waals surface area contributed by atoms with E-state index in [0.717, 1.165) is 105 Å². The van der Waals surface area contributed by atoms with Crippen LogP contribution in [0.4, 0.5) is 0 Å². The molecule has 0 saturated heterocycles. The van der Waals surface area contributed by atoms with Crippen molar-refractivity contribution in [1.29, 1.82) is 0 Å². The number of rotatable bonds is 7. The van der Waals surface area contributed by atoms with Crippen molar-refractivity contribution in [2.45, 2.75) is 0 Å². The van der Waals surface area contributed by atoms with Crippen molar-refractivity contribution in [3.63, 3.8) is 0 Å². The molecule has 7 aromatic carbocycles. The number of pyridine rings is 4. The lowest BCUT2D eigenvalue weighted by Crippen LogP contribution is -1.93. The first-order valence-electron chi connectivity index (χ1n) is 20.2. The highest BCUT2D eigenvalue weighted by Crippen LogP contribution is 2.39. The summed E-state index contributed by atoms with van der Waals surface area (Å²) in [5, 5.41) is 3.28. The fourth-order valence-corrected chi connectivity index (χ4v) is 8.31. The number of benzene rings is 7. The first-order chi connectivity index (χ1) is 29.7. The molecule has 4 heteroatoms. The first-order valence-corrected chi connectivity index (χ1v) is 20.2. The zero-order valence-corrected chi connectivity index (χ0v) is 32.6. The second kappa shape index (κ2) is 15.0. The van der Waals surface area contributed by atoms with Crippen LogP contribution in [0.25, 0.3) is 111 Å². The van der Waals surface area contributed by atoms with Crippen molar-refractivity contribution >= 4 is 32.7 Å². The van der Waals surface area contributed by atoms with Gasteiger partial charge in [-0.2, -0.15) is 0 Å². The Bertz CT molecular complexity index is 3230. The highest BCUT2D eigenvalue weighted by atomic mass is 14.8. The maximum absolute atomic E-state index is 5.37. The number of para-hydroxylation sites is 1. The molecule has 0 aliphatic carbocycles. The van der Waals surface area contributed by atoms with Gasteiger partial charge >= 0.3 is 0 Å². The Morgan fingerprint density at radius 2 is 0.883 bits per heavy atom. The van der Waals surface area contributed by atoms with Crippen LogP contribution in [0.15, 0.2) is 219 Å². The SMILES string of the molecule is c1ccc(-c2ccc(-c3cc(-c4ccc(-c5ccccn5)cc4)cc(-c4cccc(-c5ccc6ccc7c(-c8ccccc8)c8ccccc8nc7c6n5)c4)c3)nc2)cc1. The summed E-state index contributed by atoms with van der Waals surface area (Å²) in [5.74, 6) is 0. The van der Waals surface area contributed by atoms with Crippen LogP contribution in [-0.2, 0) is 0 Å². The van der Waals surface area contributed by atoms with Crippen molar-refractivity contribution in [2.24, 2.45) is 0 Å². The van der Waals surface area contributed by atoms with Gasteiger partial charge in [0.05, 0.1) is 33.6 Å². The van der Waals surface area contributed by atoms with E-state index in [4.69, 9.17) is 15.0 Å². The summed E-state index contributed by atoms with van der Waals surface area (Å²) in [7, 11) is 0. The third-order valence-electron chi connectivity index (χ3n) is 11.3. The van der Waals surface area contributed by atoms with E-state index in [-0.39, 0.29) is 0 Å². The largest absolute Gasteiger partial charge is 0.256 e. The van der Waals surface area contributed by atoms with Crippen LogP contribution in [0.2, 0.25) is 0 Å². The molecular weight excluding hydrogens is 729 g/mol. The van der Waals surface area contributed by atoms with Crippen LogP contribution < -0.4 is 0 Å². The van der Waals surface area contributed by atoms with E-state index in [2.05, 4.69) is 187 Å². The molecule has 0 radical (unpaired) electrons. The lowest BCUT2D eigenvalue weighted by atomic mass is 9.93. The third-order valence-corrected chi connectivity index (χ3v) is 11.3. The topological polar surface area (TPSA) is 51.6 Å². The molecule has 4 aromatic heterocycles. The van der Waals surface area contributed by atoms with E-state index in [1.165, 1.54) is 5.56 Å². The standard InChI is InChI=1S/C56H36N4/c1-3-12-37(13-4-1)44-27-29-51(58-36-44)47-34-45(38-21-23-39(24-22-38)50-19-9-10-31-57-50)33-46(35-47)42-16-11-17-43(32-42)52-30-26-41-25-28-49-54(40-14-5-2-6-15-40)48-18-7-8-20-53(48)60-56(49)55(41)59-52/h1-36H. The van der Waals surface area contributed by atoms with Crippen molar-refractivity contribution in [3.05, 3.63) is 219 Å². The van der Waals surface area contributed by atoms with E-state index < -0.39 is 0 Å². The van der Waals surface area contributed by atoms with E-state index in [1.807, 2.05) is 36.7 Å². The molecule has 0 unspecified atom stereocenters. The summed E-state index contributed by atoms with van der Waals surface area (Å²) in [6.45, 7) is 0. The van der Waals surface area contributed by atoms with E-state index >= 15 is 0 Å². The zero-order valence-electron chi connectivity index (χ0n) is 32.6. The summed E-state index contributed by atoms with van der Waals surface area (Å²) in [6.07, 6.45) is 3.80. The molecule has 0 spiro atoms. The number of fused-ring (bicyclic) bond motifs is 4. The number of hydrogen-bond acceptors (Lipinski definition) is 4. The van der Waals surface area contributed by atoms with Gasteiger partial charge in [-0.1, -0.05) is 152 Å². The molecule has 0 aliphatic heterocycles. The molecule has 0 bridgehead atoms. The van der Waals surface area contributed by atoms with Gasteiger partial charge in [0.25, 0.3) is 0 Å². The Morgan fingerprint density at radius 1 is 0.283 bits per heavy atom. The fraction of sp³-hybridized carbons (Fsp3) is 0. The Balaban J connectivity index is 1.03. The molecule has 11 aromatic rings. The highest BCUT2D eigenvalue weighted by molar-refractivity contribution is 6.16. The Morgan fingerprint density at radius 3 is 1.67 bits per heavy atom. The molecule has 280 valence electrons. The lowest BCUT2D eigenvalue weighted by molar-refractivity contribution is 1.32. The minimum absolute atomic E-state index is 0.891. The van der Waals surface area contributed by atoms with Gasteiger partial charge in [0.1, 0.15) is 0 Å². The smallest absolute Gasteiger partial charge is 0.0978 e. The van der Waals surface area contributed by atoms with Crippen molar-refractivity contribution in [2.75, 3.05) is 0 Å². The predicted molar refractivity (Wildman–Crippen MR) is 248 cm³/mol. The number of nitrogens with zero attached hydrogens (tertiary/aromatic N) is 4. The van der Waals surface area contributed by atoms with Crippen LogP contribution in [0, 0.1) is 0 Å². The zero-order chi connectivity index (χ0) is 39.8. The van der Waals surface area contributed by atoms with Gasteiger partial charge in [-0.3, -0.25) is 9.97 Å². The van der Waals surface area contributed by atoms with Gasteiger partial charge in [-0.15, -0.1) is 0 Å². The lowest BCUT2D eigenvalue weighted by Gasteiger charge is -2.14. The number of hydrogen-bond donors (Lipinski definition) is 0. The van der Waals surface area contributed by atoms with Gasteiger partial charge in [0.2, 0.25) is 0 Å². The van der Waals surface area contributed by atoms with Crippen LogP contribution in [0.3, 0.4) is 0 Å². The van der Waals surface area contributed by atoms with Crippen molar-refractivity contribution in [1.82, 2.24) is 19.9 Å². The molecule has 11 rings (SSSR count). The van der Waals surface area contributed by atoms with Crippen LogP contribution in [-0.4, -0.2) is 19.9 Å². The van der Waals surface area contributed by atoms with Gasteiger partial charge in [-0.25, -0.2) is 9.97 Å². The quantitative estimate of drug-likeness (QED) is 0.120. The molecule has 4 nitrogen and oxygen atoms in total. The number of aromatic nitrogens is 4. The predicted octanol–water partition coefficient (Wildman–Crippen LogP) is 14.4. The van der Waals surface area contributed by atoms with Gasteiger partial charge < -0.3 is 0 Å². The molecule has 4 heterocycles. The van der Waals surface area contributed by atoms with Crippen molar-refractivity contribution < 1.29 is 0 Å². The summed E-state index contributed by atoms with van der Waals surface area (Å²) in [4.78, 5) is 20.2. The van der Waals surface area contributed by atoms with E-state index in [0.29, 0.717) is 0 Å². The minimum Gasteiger partial charge on any atom is -0.256 e. The molecule has 0 N–H and O–H groups in total. The molecule has 0 aliphatic rings. The highest BCUT2D eigenvalue weighted by Gasteiger charge is 2.16. The van der Waals surface area contributed by atoms with Gasteiger partial charge in [-0.05, 0) is 88.0 Å². The second-order valence-electron chi connectivity index (χ2n) is 15.1. The molecular formula is C56H36N4. The second-order valence-corrected chi connectivity index (χ2v) is 15.1. The first kappa shape index (κ1) is 35.1. The molecule has 0 fully saturated rings. The monoisotopic (exact) mass is 764 g/mol.